The van der Waals surface area contributed by atoms with Gasteiger partial charge < -0.3 is 10.2 Å². The van der Waals surface area contributed by atoms with Gasteiger partial charge in [-0.3, -0.25) is 0 Å². The zero-order valence-electron chi connectivity index (χ0n) is 14.3. The standard InChI is InChI=1S/C17H24FN5/c1-11(2)12(3)19-10-16-14(18)6-7-15(22-16)13-8-20-17(21-9-13)23(4)5/h6-9,11-12,19H,10H2,1-5H3/t12-/m1/s1. The van der Waals surface area contributed by atoms with Crippen LogP contribution in [0.2, 0.25) is 0 Å². The van der Waals surface area contributed by atoms with E-state index in [0.29, 0.717) is 35.8 Å². The minimum absolute atomic E-state index is 0.294. The van der Waals surface area contributed by atoms with Crippen molar-refractivity contribution in [2.24, 2.45) is 5.92 Å². The van der Waals surface area contributed by atoms with Gasteiger partial charge in [0.05, 0.1) is 11.4 Å². The molecule has 0 spiro atoms. The summed E-state index contributed by atoms with van der Waals surface area (Å²) in [6.45, 7) is 6.74. The first-order chi connectivity index (χ1) is 10.9. The fourth-order valence-corrected chi connectivity index (χ4v) is 1.95. The summed E-state index contributed by atoms with van der Waals surface area (Å²) in [6.07, 6.45) is 3.41. The molecule has 0 unspecified atom stereocenters. The van der Waals surface area contributed by atoms with Crippen LogP contribution in [0.1, 0.15) is 26.5 Å². The number of hydrogen-bond acceptors (Lipinski definition) is 5. The Balaban J connectivity index is 2.19. The van der Waals surface area contributed by atoms with Crippen LogP contribution in [0.3, 0.4) is 0 Å². The zero-order chi connectivity index (χ0) is 17.0. The van der Waals surface area contributed by atoms with Crippen LogP contribution in [0.4, 0.5) is 10.3 Å². The number of nitrogens with zero attached hydrogens (tertiary/aromatic N) is 4. The van der Waals surface area contributed by atoms with Gasteiger partial charge in [0, 0.05) is 44.6 Å². The van der Waals surface area contributed by atoms with Crippen molar-refractivity contribution in [2.45, 2.75) is 33.4 Å². The van der Waals surface area contributed by atoms with Gasteiger partial charge in [-0.1, -0.05) is 13.8 Å². The summed E-state index contributed by atoms with van der Waals surface area (Å²) in [7, 11) is 3.76. The average Bonchev–Trinajstić information content (AvgIpc) is 2.53. The summed E-state index contributed by atoms with van der Waals surface area (Å²) in [5.41, 5.74) is 1.85. The zero-order valence-corrected chi connectivity index (χ0v) is 14.3. The Labute approximate surface area is 137 Å². The minimum atomic E-state index is -0.303. The molecule has 2 rings (SSSR count). The molecule has 2 aromatic rings. The van der Waals surface area contributed by atoms with Crippen molar-refractivity contribution < 1.29 is 4.39 Å². The molecule has 0 radical (unpaired) electrons. The first kappa shape index (κ1) is 17.3. The van der Waals surface area contributed by atoms with Crippen LogP contribution in [0.5, 0.6) is 0 Å². The van der Waals surface area contributed by atoms with E-state index in [9.17, 15) is 4.39 Å². The Morgan fingerprint density at radius 1 is 1.13 bits per heavy atom. The van der Waals surface area contributed by atoms with E-state index < -0.39 is 0 Å². The number of pyridine rings is 1. The predicted octanol–water partition coefficient (Wildman–Crippen LogP) is 2.88. The molecule has 1 atom stereocenters. The van der Waals surface area contributed by atoms with Gasteiger partial charge in [0.1, 0.15) is 5.82 Å². The third-order valence-corrected chi connectivity index (χ3v) is 3.84. The van der Waals surface area contributed by atoms with Crippen LogP contribution in [-0.4, -0.2) is 35.1 Å². The number of aromatic nitrogens is 3. The van der Waals surface area contributed by atoms with Gasteiger partial charge in [0.15, 0.2) is 0 Å². The summed E-state index contributed by atoms with van der Waals surface area (Å²) < 4.78 is 14.0. The lowest BCUT2D eigenvalue weighted by atomic mass is 10.1. The van der Waals surface area contributed by atoms with Crippen molar-refractivity contribution >= 4 is 5.95 Å². The van der Waals surface area contributed by atoms with Crippen molar-refractivity contribution in [1.29, 1.82) is 0 Å². The quantitative estimate of drug-likeness (QED) is 0.888. The number of nitrogens with one attached hydrogen (secondary N) is 1. The minimum Gasteiger partial charge on any atom is -0.347 e. The van der Waals surface area contributed by atoms with E-state index in [1.165, 1.54) is 6.07 Å². The molecular formula is C17H24FN5. The SMILES string of the molecule is CC(C)[C@@H](C)NCc1nc(-c2cnc(N(C)C)nc2)ccc1F. The maximum atomic E-state index is 14.0. The van der Waals surface area contributed by atoms with E-state index in [-0.39, 0.29) is 5.82 Å². The van der Waals surface area contributed by atoms with E-state index >= 15 is 0 Å². The van der Waals surface area contributed by atoms with E-state index in [4.69, 9.17) is 0 Å². The van der Waals surface area contributed by atoms with Crippen LogP contribution in [0.25, 0.3) is 11.3 Å². The molecule has 0 aromatic carbocycles. The third-order valence-electron chi connectivity index (χ3n) is 3.84. The fraction of sp³-hybridized carbons (Fsp3) is 0.471. The van der Waals surface area contributed by atoms with Gasteiger partial charge in [0.2, 0.25) is 5.95 Å². The highest BCUT2D eigenvalue weighted by Crippen LogP contribution is 2.18. The summed E-state index contributed by atoms with van der Waals surface area (Å²) >= 11 is 0. The Kier molecular flexibility index (Phi) is 5.60. The van der Waals surface area contributed by atoms with Crippen LogP contribution in [0.15, 0.2) is 24.5 Å². The smallest absolute Gasteiger partial charge is 0.224 e. The summed E-state index contributed by atoms with van der Waals surface area (Å²) in [5, 5.41) is 3.30. The maximum Gasteiger partial charge on any atom is 0.224 e. The Hall–Kier alpha value is -2.08. The topological polar surface area (TPSA) is 53.9 Å². The van der Waals surface area contributed by atoms with Gasteiger partial charge in [-0.2, -0.15) is 0 Å². The Morgan fingerprint density at radius 3 is 2.35 bits per heavy atom. The second-order valence-corrected chi connectivity index (χ2v) is 6.20. The van der Waals surface area contributed by atoms with Crippen LogP contribution < -0.4 is 10.2 Å². The molecule has 2 heterocycles. The molecule has 23 heavy (non-hydrogen) atoms. The lowest BCUT2D eigenvalue weighted by Crippen LogP contribution is -2.30. The van der Waals surface area contributed by atoms with Crippen molar-refractivity contribution in [3.05, 3.63) is 36.0 Å². The van der Waals surface area contributed by atoms with Crippen molar-refractivity contribution in [2.75, 3.05) is 19.0 Å². The Bertz CT molecular complexity index is 640. The summed E-state index contributed by atoms with van der Waals surface area (Å²) in [5.74, 6) is 0.805. The second kappa shape index (κ2) is 7.46. The van der Waals surface area contributed by atoms with Crippen molar-refractivity contribution in [3.63, 3.8) is 0 Å². The van der Waals surface area contributed by atoms with Crippen LogP contribution in [0, 0.1) is 11.7 Å². The summed E-state index contributed by atoms with van der Waals surface area (Å²) in [4.78, 5) is 14.8. The highest BCUT2D eigenvalue weighted by Gasteiger charge is 2.11. The molecular weight excluding hydrogens is 293 g/mol. The highest BCUT2D eigenvalue weighted by molar-refractivity contribution is 5.57. The fourth-order valence-electron chi connectivity index (χ4n) is 1.95. The van der Waals surface area contributed by atoms with E-state index in [2.05, 4.69) is 41.0 Å². The predicted molar refractivity (Wildman–Crippen MR) is 90.7 cm³/mol. The van der Waals surface area contributed by atoms with Gasteiger partial charge in [0.25, 0.3) is 0 Å². The van der Waals surface area contributed by atoms with Gasteiger partial charge in [-0.15, -0.1) is 0 Å². The number of rotatable bonds is 6. The first-order valence-corrected chi connectivity index (χ1v) is 7.77. The molecule has 0 aliphatic heterocycles. The molecule has 0 amide bonds. The van der Waals surface area contributed by atoms with E-state index in [1.54, 1.807) is 18.5 Å². The first-order valence-electron chi connectivity index (χ1n) is 7.77. The molecule has 5 nitrogen and oxygen atoms in total. The molecule has 0 aliphatic carbocycles. The normalized spacial score (nSPS) is 12.5. The molecule has 0 bridgehead atoms. The van der Waals surface area contributed by atoms with Gasteiger partial charge in [-0.25, -0.2) is 19.3 Å². The van der Waals surface area contributed by atoms with E-state index in [0.717, 1.165) is 5.56 Å². The van der Waals surface area contributed by atoms with Crippen LogP contribution >= 0.6 is 0 Å². The molecule has 0 aliphatic rings. The molecule has 0 fully saturated rings. The Morgan fingerprint density at radius 2 is 1.78 bits per heavy atom. The molecule has 0 saturated heterocycles. The molecule has 1 N–H and O–H groups in total. The van der Waals surface area contributed by atoms with Crippen molar-refractivity contribution in [1.82, 2.24) is 20.3 Å². The average molecular weight is 317 g/mol. The molecule has 0 saturated carbocycles. The number of anilines is 1. The van der Waals surface area contributed by atoms with Crippen LogP contribution in [-0.2, 0) is 6.54 Å². The lowest BCUT2D eigenvalue weighted by molar-refractivity contribution is 0.418. The van der Waals surface area contributed by atoms with E-state index in [1.807, 2.05) is 19.0 Å². The number of hydrogen-bond donors (Lipinski definition) is 1. The largest absolute Gasteiger partial charge is 0.347 e. The van der Waals surface area contributed by atoms with Crippen molar-refractivity contribution in [3.8, 4) is 11.3 Å². The van der Waals surface area contributed by atoms with Gasteiger partial charge in [-0.05, 0) is 25.0 Å². The summed E-state index contributed by atoms with van der Waals surface area (Å²) in [6, 6.07) is 3.39. The lowest BCUT2D eigenvalue weighted by Gasteiger charge is -2.17. The molecule has 6 heteroatoms. The number of halogens is 1. The van der Waals surface area contributed by atoms with Gasteiger partial charge >= 0.3 is 0 Å². The maximum absolute atomic E-state index is 14.0. The molecule has 124 valence electrons. The highest BCUT2D eigenvalue weighted by atomic mass is 19.1. The molecule has 2 aromatic heterocycles. The third kappa shape index (κ3) is 4.45. The monoisotopic (exact) mass is 317 g/mol. The second-order valence-electron chi connectivity index (χ2n) is 6.20.